The fourth-order valence-electron chi connectivity index (χ4n) is 2.63. The van der Waals surface area contributed by atoms with E-state index in [-0.39, 0.29) is 17.1 Å². The van der Waals surface area contributed by atoms with Crippen LogP contribution in [-0.4, -0.2) is 36.0 Å². The van der Waals surface area contributed by atoms with Gasteiger partial charge in [-0.05, 0) is 5.41 Å². The molecule has 2 saturated heterocycles. The largest absolute Gasteiger partial charge is 0.391 e. The molecule has 76 valence electrons. The van der Waals surface area contributed by atoms with Gasteiger partial charge in [-0.2, -0.15) is 0 Å². The van der Waals surface area contributed by atoms with E-state index in [0.717, 1.165) is 13.0 Å². The molecule has 2 aliphatic heterocycles. The Kier molecular flexibility index (Phi) is 1.95. The summed E-state index contributed by atoms with van der Waals surface area (Å²) in [7, 11) is 0. The summed E-state index contributed by atoms with van der Waals surface area (Å²) in [5.74, 6) is 0. The van der Waals surface area contributed by atoms with Crippen molar-refractivity contribution in [3.05, 3.63) is 0 Å². The van der Waals surface area contributed by atoms with E-state index in [0.29, 0.717) is 12.6 Å². The van der Waals surface area contributed by atoms with E-state index >= 15 is 0 Å². The van der Waals surface area contributed by atoms with Gasteiger partial charge in [-0.3, -0.25) is 0 Å². The third kappa shape index (κ3) is 1.39. The highest BCUT2D eigenvalue weighted by Gasteiger charge is 2.56. The van der Waals surface area contributed by atoms with Crippen LogP contribution in [0.3, 0.4) is 0 Å². The molecule has 3 heteroatoms. The molecule has 0 radical (unpaired) electrons. The lowest BCUT2D eigenvalue weighted by atomic mass is 9.69. The van der Waals surface area contributed by atoms with Crippen molar-refractivity contribution in [2.75, 3.05) is 13.2 Å². The average Bonchev–Trinajstić information content (AvgIpc) is 2.27. The Morgan fingerprint density at radius 1 is 1.46 bits per heavy atom. The normalized spacial score (nSPS) is 45.2. The molecule has 0 aromatic carbocycles. The number of rotatable bonds is 0. The summed E-state index contributed by atoms with van der Waals surface area (Å²) in [6, 6.07) is 0.386. The minimum Gasteiger partial charge on any atom is -0.391 e. The van der Waals surface area contributed by atoms with Gasteiger partial charge in [0.15, 0.2) is 0 Å². The summed E-state index contributed by atoms with van der Waals surface area (Å²) in [4.78, 5) is 0. The fraction of sp³-hybridized carbons (Fsp3) is 1.00. The zero-order valence-corrected chi connectivity index (χ0v) is 8.63. The molecule has 3 nitrogen and oxygen atoms in total. The first-order valence-corrected chi connectivity index (χ1v) is 4.99. The molecular formula is C10H19NO2. The molecule has 2 unspecified atom stereocenters. The van der Waals surface area contributed by atoms with Crippen molar-refractivity contribution >= 4 is 0 Å². The standard InChI is InChI=1S/C10H19NO2/c1-9(2,3)8-10(6-11-8)4-7(12)5-13-10/h7-8,11-12H,4-6H2,1-3H3/t7-,8?,10?/m0/s1. The van der Waals surface area contributed by atoms with Gasteiger partial charge >= 0.3 is 0 Å². The summed E-state index contributed by atoms with van der Waals surface area (Å²) in [5, 5.41) is 12.9. The second-order valence-corrected chi connectivity index (χ2v) is 5.41. The van der Waals surface area contributed by atoms with Gasteiger partial charge in [0.1, 0.15) is 0 Å². The molecule has 13 heavy (non-hydrogen) atoms. The predicted molar refractivity (Wildman–Crippen MR) is 50.6 cm³/mol. The summed E-state index contributed by atoms with van der Waals surface area (Å²) in [6.07, 6.45) is 0.536. The zero-order chi connectivity index (χ0) is 9.69. The number of aliphatic hydroxyl groups excluding tert-OH is 1. The summed E-state index contributed by atoms with van der Waals surface area (Å²) in [5.41, 5.74) is 0.139. The smallest absolute Gasteiger partial charge is 0.0990 e. The third-order valence-electron chi connectivity index (χ3n) is 3.14. The Morgan fingerprint density at radius 3 is 2.46 bits per heavy atom. The van der Waals surface area contributed by atoms with Crippen LogP contribution in [0, 0.1) is 5.41 Å². The monoisotopic (exact) mass is 185 g/mol. The molecule has 0 bridgehead atoms. The van der Waals surface area contributed by atoms with Gasteiger partial charge in [-0.1, -0.05) is 20.8 Å². The second kappa shape index (κ2) is 2.69. The van der Waals surface area contributed by atoms with Crippen molar-refractivity contribution in [1.82, 2.24) is 5.32 Å². The van der Waals surface area contributed by atoms with E-state index in [1.54, 1.807) is 0 Å². The lowest BCUT2D eigenvalue weighted by Crippen LogP contribution is -2.72. The van der Waals surface area contributed by atoms with Crippen molar-refractivity contribution in [3.63, 3.8) is 0 Å². The Balaban J connectivity index is 2.09. The van der Waals surface area contributed by atoms with Crippen molar-refractivity contribution in [3.8, 4) is 0 Å². The zero-order valence-electron chi connectivity index (χ0n) is 8.63. The summed E-state index contributed by atoms with van der Waals surface area (Å²) in [6.45, 7) is 8.03. The molecule has 0 aliphatic carbocycles. The molecule has 2 heterocycles. The number of hydrogen-bond acceptors (Lipinski definition) is 3. The molecule has 0 aromatic heterocycles. The lowest BCUT2D eigenvalue weighted by molar-refractivity contribution is -0.110. The van der Waals surface area contributed by atoms with E-state index in [2.05, 4.69) is 26.1 Å². The fourth-order valence-corrected chi connectivity index (χ4v) is 2.63. The summed E-state index contributed by atoms with van der Waals surface area (Å²) >= 11 is 0. The van der Waals surface area contributed by atoms with Gasteiger partial charge in [0.2, 0.25) is 0 Å². The van der Waals surface area contributed by atoms with Crippen molar-refractivity contribution in [2.45, 2.75) is 44.9 Å². The summed E-state index contributed by atoms with van der Waals surface area (Å²) < 4.78 is 5.72. The Morgan fingerprint density at radius 2 is 2.15 bits per heavy atom. The first-order valence-electron chi connectivity index (χ1n) is 4.99. The highest BCUT2D eigenvalue weighted by molar-refractivity contribution is 5.12. The number of aliphatic hydroxyl groups is 1. The molecule has 2 N–H and O–H groups in total. The highest BCUT2D eigenvalue weighted by atomic mass is 16.5. The average molecular weight is 185 g/mol. The van der Waals surface area contributed by atoms with Crippen LogP contribution in [0.15, 0.2) is 0 Å². The van der Waals surface area contributed by atoms with Crippen LogP contribution in [0.25, 0.3) is 0 Å². The minimum absolute atomic E-state index is 0.0718. The minimum atomic E-state index is -0.257. The molecule has 2 fully saturated rings. The molecule has 0 aromatic rings. The van der Waals surface area contributed by atoms with Crippen LogP contribution >= 0.6 is 0 Å². The van der Waals surface area contributed by atoms with Crippen molar-refractivity contribution in [2.24, 2.45) is 5.41 Å². The Labute approximate surface area is 79.5 Å². The van der Waals surface area contributed by atoms with E-state index in [1.807, 2.05) is 0 Å². The van der Waals surface area contributed by atoms with Crippen LogP contribution in [0.2, 0.25) is 0 Å². The van der Waals surface area contributed by atoms with Crippen LogP contribution < -0.4 is 5.32 Å². The van der Waals surface area contributed by atoms with Crippen LogP contribution in [0.4, 0.5) is 0 Å². The maximum absolute atomic E-state index is 9.46. The molecule has 3 atom stereocenters. The topological polar surface area (TPSA) is 41.5 Å². The molecule has 0 amide bonds. The van der Waals surface area contributed by atoms with Gasteiger partial charge in [0, 0.05) is 19.0 Å². The Hall–Kier alpha value is -0.120. The van der Waals surface area contributed by atoms with Gasteiger partial charge in [0.05, 0.1) is 18.3 Å². The molecule has 1 spiro atoms. The maximum atomic E-state index is 9.46. The molecule has 2 aliphatic rings. The van der Waals surface area contributed by atoms with E-state index in [4.69, 9.17) is 4.74 Å². The number of ether oxygens (including phenoxy) is 1. The van der Waals surface area contributed by atoms with Crippen LogP contribution in [0.5, 0.6) is 0 Å². The first kappa shape index (κ1) is 9.44. The van der Waals surface area contributed by atoms with Crippen LogP contribution in [0.1, 0.15) is 27.2 Å². The lowest BCUT2D eigenvalue weighted by Gasteiger charge is -2.53. The van der Waals surface area contributed by atoms with Gasteiger partial charge in [-0.25, -0.2) is 0 Å². The highest BCUT2D eigenvalue weighted by Crippen LogP contribution is 2.42. The number of nitrogens with one attached hydrogen (secondary N) is 1. The Bertz CT molecular complexity index is 211. The van der Waals surface area contributed by atoms with Crippen molar-refractivity contribution < 1.29 is 9.84 Å². The number of hydrogen-bond donors (Lipinski definition) is 2. The van der Waals surface area contributed by atoms with Crippen molar-refractivity contribution in [1.29, 1.82) is 0 Å². The predicted octanol–water partition coefficient (Wildman–Crippen LogP) is 0.524. The van der Waals surface area contributed by atoms with Gasteiger partial charge < -0.3 is 15.2 Å². The molecule has 2 rings (SSSR count). The molecular weight excluding hydrogens is 166 g/mol. The van der Waals surface area contributed by atoms with E-state index < -0.39 is 0 Å². The first-order chi connectivity index (χ1) is 5.94. The van der Waals surface area contributed by atoms with E-state index in [9.17, 15) is 5.11 Å². The quantitative estimate of drug-likeness (QED) is 0.578. The second-order valence-electron chi connectivity index (χ2n) is 5.41. The molecule has 0 saturated carbocycles. The van der Waals surface area contributed by atoms with Crippen LogP contribution in [-0.2, 0) is 4.74 Å². The SMILES string of the molecule is CC(C)(C)C1NCC12C[C@H](O)CO2. The van der Waals surface area contributed by atoms with E-state index in [1.165, 1.54) is 0 Å². The third-order valence-corrected chi connectivity index (χ3v) is 3.14. The van der Waals surface area contributed by atoms with Gasteiger partial charge in [0.25, 0.3) is 0 Å². The maximum Gasteiger partial charge on any atom is 0.0990 e. The van der Waals surface area contributed by atoms with Gasteiger partial charge in [-0.15, -0.1) is 0 Å².